The minimum absolute atomic E-state index is 0.310. The lowest BCUT2D eigenvalue weighted by Gasteiger charge is -1.94. The van der Waals surface area contributed by atoms with E-state index in [1.165, 1.54) is 0 Å². The van der Waals surface area contributed by atoms with Crippen molar-refractivity contribution < 1.29 is 4.79 Å². The molecule has 0 aliphatic heterocycles. The maximum absolute atomic E-state index is 10.8. The van der Waals surface area contributed by atoms with Crippen molar-refractivity contribution >= 4 is 5.78 Å². The first-order valence-electron chi connectivity index (χ1n) is 3.33. The van der Waals surface area contributed by atoms with Crippen LogP contribution in [0.5, 0.6) is 0 Å². The van der Waals surface area contributed by atoms with Crippen LogP contribution in [0.1, 0.15) is 33.1 Å². The minimum Gasteiger partial charge on any atom is -0.299 e. The molecule has 1 nitrogen and oxygen atoms in total. The molecular weight excluding hydrogens is 112 g/mol. The Morgan fingerprint density at radius 2 is 2.11 bits per heavy atom. The summed E-state index contributed by atoms with van der Waals surface area (Å²) in [5, 5.41) is 0. The molecule has 0 rings (SSSR count). The summed E-state index contributed by atoms with van der Waals surface area (Å²) in [7, 11) is 0. The van der Waals surface area contributed by atoms with Crippen molar-refractivity contribution in [2.75, 3.05) is 0 Å². The van der Waals surface area contributed by atoms with Gasteiger partial charge in [-0.25, -0.2) is 0 Å². The van der Waals surface area contributed by atoms with Gasteiger partial charge in [0.15, 0.2) is 0 Å². The lowest BCUT2D eigenvalue weighted by Crippen LogP contribution is -1.95. The Morgan fingerprint density at radius 3 is 2.44 bits per heavy atom. The van der Waals surface area contributed by atoms with Crippen molar-refractivity contribution in [3.63, 3.8) is 0 Å². The van der Waals surface area contributed by atoms with E-state index in [1.807, 2.05) is 13.8 Å². The monoisotopic (exact) mass is 126 g/mol. The van der Waals surface area contributed by atoms with Crippen LogP contribution in [0, 0.1) is 0 Å². The number of ketones is 1. The number of carbonyl (C=O) groups is 1. The van der Waals surface area contributed by atoms with Gasteiger partial charge < -0.3 is 0 Å². The van der Waals surface area contributed by atoms with Gasteiger partial charge in [0.25, 0.3) is 0 Å². The van der Waals surface area contributed by atoms with E-state index in [0.29, 0.717) is 18.6 Å². The summed E-state index contributed by atoms with van der Waals surface area (Å²) in [4.78, 5) is 10.8. The smallest absolute Gasteiger partial charge is 0.136 e. The highest BCUT2D eigenvalue weighted by Gasteiger charge is 1.97. The maximum atomic E-state index is 10.8. The van der Waals surface area contributed by atoms with Crippen LogP contribution >= 0.6 is 0 Å². The second kappa shape index (κ2) is 4.30. The van der Waals surface area contributed by atoms with Crippen LogP contribution in [0.25, 0.3) is 0 Å². The van der Waals surface area contributed by atoms with Crippen LogP contribution in [-0.4, -0.2) is 5.78 Å². The van der Waals surface area contributed by atoms with Gasteiger partial charge in [-0.3, -0.25) is 4.79 Å². The quantitative estimate of drug-likeness (QED) is 0.528. The SMILES string of the molecule is C=C(C)CC(=O)CCC. The molecule has 52 valence electrons. The van der Waals surface area contributed by atoms with Crippen molar-refractivity contribution in [3.05, 3.63) is 12.2 Å². The highest BCUT2D eigenvalue weighted by molar-refractivity contribution is 5.80. The predicted octanol–water partition coefficient (Wildman–Crippen LogP) is 2.32. The van der Waals surface area contributed by atoms with E-state index in [9.17, 15) is 4.79 Å². The number of carbonyl (C=O) groups excluding carboxylic acids is 1. The minimum atomic E-state index is 0.310. The Bertz CT molecular complexity index is 114. The fourth-order valence-electron chi connectivity index (χ4n) is 0.704. The second-order valence-corrected chi connectivity index (χ2v) is 2.42. The van der Waals surface area contributed by atoms with Crippen molar-refractivity contribution in [3.8, 4) is 0 Å². The maximum Gasteiger partial charge on any atom is 0.136 e. The van der Waals surface area contributed by atoms with Crippen LogP contribution in [-0.2, 0) is 4.79 Å². The molecule has 0 unspecified atom stereocenters. The number of rotatable bonds is 4. The Morgan fingerprint density at radius 1 is 1.56 bits per heavy atom. The van der Waals surface area contributed by atoms with E-state index in [0.717, 1.165) is 12.0 Å². The van der Waals surface area contributed by atoms with Gasteiger partial charge in [0.05, 0.1) is 0 Å². The Hall–Kier alpha value is -0.590. The van der Waals surface area contributed by atoms with Crippen LogP contribution < -0.4 is 0 Å². The van der Waals surface area contributed by atoms with Gasteiger partial charge in [0, 0.05) is 12.8 Å². The van der Waals surface area contributed by atoms with Crippen LogP contribution in [0.4, 0.5) is 0 Å². The molecule has 0 aliphatic carbocycles. The molecule has 0 aromatic heterocycles. The molecule has 0 spiro atoms. The zero-order valence-corrected chi connectivity index (χ0v) is 6.24. The average molecular weight is 126 g/mol. The van der Waals surface area contributed by atoms with Gasteiger partial charge >= 0.3 is 0 Å². The highest BCUT2D eigenvalue weighted by Crippen LogP contribution is 2.00. The van der Waals surface area contributed by atoms with Gasteiger partial charge in [-0.2, -0.15) is 0 Å². The number of Topliss-reactive ketones (excluding diaryl/α,β-unsaturated/α-hetero) is 1. The van der Waals surface area contributed by atoms with Crippen LogP contribution in [0.3, 0.4) is 0 Å². The molecule has 0 amide bonds. The van der Waals surface area contributed by atoms with E-state index in [4.69, 9.17) is 0 Å². The molecule has 0 aromatic rings. The van der Waals surface area contributed by atoms with E-state index < -0.39 is 0 Å². The predicted molar refractivity (Wildman–Crippen MR) is 39.3 cm³/mol. The molecule has 0 aliphatic rings. The molecule has 0 radical (unpaired) electrons. The molecule has 9 heavy (non-hydrogen) atoms. The molecule has 0 saturated heterocycles. The Kier molecular flexibility index (Phi) is 4.02. The third-order valence-corrected chi connectivity index (χ3v) is 1.03. The van der Waals surface area contributed by atoms with Gasteiger partial charge in [0.2, 0.25) is 0 Å². The summed E-state index contributed by atoms with van der Waals surface area (Å²) in [6, 6.07) is 0. The average Bonchev–Trinajstić information content (AvgIpc) is 1.63. The normalized spacial score (nSPS) is 9.11. The van der Waals surface area contributed by atoms with Crippen molar-refractivity contribution in [1.82, 2.24) is 0 Å². The number of allylic oxidation sites excluding steroid dienone is 1. The fourth-order valence-corrected chi connectivity index (χ4v) is 0.704. The highest BCUT2D eigenvalue weighted by atomic mass is 16.1. The number of hydrogen-bond donors (Lipinski definition) is 0. The molecule has 0 saturated carbocycles. The first kappa shape index (κ1) is 8.41. The van der Waals surface area contributed by atoms with E-state index >= 15 is 0 Å². The Labute approximate surface area is 56.8 Å². The van der Waals surface area contributed by atoms with Gasteiger partial charge in [-0.1, -0.05) is 19.1 Å². The number of hydrogen-bond acceptors (Lipinski definition) is 1. The van der Waals surface area contributed by atoms with E-state index in [1.54, 1.807) is 0 Å². The molecule has 0 aromatic carbocycles. The molecule has 0 N–H and O–H groups in total. The van der Waals surface area contributed by atoms with Crippen molar-refractivity contribution in [1.29, 1.82) is 0 Å². The molecule has 0 fully saturated rings. The first-order chi connectivity index (χ1) is 4.16. The van der Waals surface area contributed by atoms with Crippen molar-refractivity contribution in [2.24, 2.45) is 0 Å². The molecule has 1 heteroatoms. The summed E-state index contributed by atoms with van der Waals surface area (Å²) in [5.41, 5.74) is 0.966. The fraction of sp³-hybridized carbons (Fsp3) is 0.625. The third kappa shape index (κ3) is 5.28. The molecule has 0 atom stereocenters. The Balaban J connectivity index is 3.39. The van der Waals surface area contributed by atoms with Gasteiger partial charge in [-0.15, -0.1) is 0 Å². The molecule has 0 heterocycles. The standard InChI is InChI=1S/C8H14O/c1-4-5-8(9)6-7(2)3/h2,4-6H2,1,3H3. The first-order valence-corrected chi connectivity index (χ1v) is 3.33. The van der Waals surface area contributed by atoms with Crippen LogP contribution in [0.2, 0.25) is 0 Å². The molecule has 0 bridgehead atoms. The summed E-state index contributed by atoms with van der Waals surface area (Å²) in [5.74, 6) is 0.310. The second-order valence-electron chi connectivity index (χ2n) is 2.42. The van der Waals surface area contributed by atoms with Crippen molar-refractivity contribution in [2.45, 2.75) is 33.1 Å². The molecular formula is C8H14O. The summed E-state index contributed by atoms with van der Waals surface area (Å²) >= 11 is 0. The zero-order valence-electron chi connectivity index (χ0n) is 6.24. The summed E-state index contributed by atoms with van der Waals surface area (Å²) in [6.07, 6.45) is 2.22. The zero-order chi connectivity index (χ0) is 7.28. The van der Waals surface area contributed by atoms with Gasteiger partial charge in [0.1, 0.15) is 5.78 Å². The summed E-state index contributed by atoms with van der Waals surface area (Å²) in [6.45, 7) is 7.55. The largest absolute Gasteiger partial charge is 0.299 e. The third-order valence-electron chi connectivity index (χ3n) is 1.03. The van der Waals surface area contributed by atoms with E-state index in [-0.39, 0.29) is 0 Å². The van der Waals surface area contributed by atoms with E-state index in [2.05, 4.69) is 6.58 Å². The topological polar surface area (TPSA) is 17.1 Å². The van der Waals surface area contributed by atoms with Crippen LogP contribution in [0.15, 0.2) is 12.2 Å². The lowest BCUT2D eigenvalue weighted by atomic mass is 10.1. The summed E-state index contributed by atoms with van der Waals surface area (Å²) < 4.78 is 0. The lowest BCUT2D eigenvalue weighted by molar-refractivity contribution is -0.118. The van der Waals surface area contributed by atoms with Gasteiger partial charge in [-0.05, 0) is 13.3 Å².